The molecule has 0 atom stereocenters. The highest BCUT2D eigenvalue weighted by atomic mass is 79.9. The minimum Gasteiger partial charge on any atom is -0.338 e. The number of hydrogen-bond acceptors (Lipinski definition) is 7. The molecule has 1 aromatic heterocycles. The van der Waals surface area contributed by atoms with Gasteiger partial charge in [0.25, 0.3) is 5.69 Å². The molecule has 156 valence electrons. The summed E-state index contributed by atoms with van der Waals surface area (Å²) in [5, 5.41) is 18.3. The van der Waals surface area contributed by atoms with Crippen LogP contribution >= 0.6 is 34.7 Å². The lowest BCUT2D eigenvalue weighted by molar-refractivity contribution is -0.385. The van der Waals surface area contributed by atoms with Crippen molar-refractivity contribution < 1.29 is 9.49 Å². The number of nitro groups is 1. The van der Waals surface area contributed by atoms with Gasteiger partial charge in [-0.1, -0.05) is 23.7 Å². The van der Waals surface area contributed by atoms with Gasteiger partial charge in [0.05, 0.1) is 27.0 Å². The van der Waals surface area contributed by atoms with E-state index in [2.05, 4.69) is 36.5 Å². The van der Waals surface area contributed by atoms with Crippen LogP contribution in [-0.2, 0) is 4.57 Å². The van der Waals surface area contributed by atoms with Crippen LogP contribution in [0.15, 0.2) is 47.1 Å². The first kappa shape index (κ1) is 22.2. The lowest BCUT2D eigenvalue weighted by Crippen LogP contribution is -2.11. The molecule has 8 nitrogen and oxygen atoms in total. The highest BCUT2D eigenvalue weighted by Gasteiger charge is 2.18. The Bertz CT molecular complexity index is 1180. The van der Waals surface area contributed by atoms with Crippen LogP contribution < -0.4 is 15.9 Å². The number of aromatic nitrogens is 2. The fourth-order valence-corrected chi connectivity index (χ4v) is 4.64. The van der Waals surface area contributed by atoms with Gasteiger partial charge >= 0.3 is 0 Å². The fourth-order valence-electron chi connectivity index (χ4n) is 2.75. The molecular formula is C19H18BrClN5O3P. The average Bonchev–Trinajstić information content (AvgIpc) is 2.66. The number of nitro benzene ring substituents is 1. The first-order valence-electron chi connectivity index (χ1n) is 8.72. The summed E-state index contributed by atoms with van der Waals surface area (Å²) < 4.78 is 13.0. The van der Waals surface area contributed by atoms with Gasteiger partial charge in [-0.3, -0.25) is 10.1 Å². The Morgan fingerprint density at radius 2 is 1.87 bits per heavy atom. The third-order valence-electron chi connectivity index (χ3n) is 4.22. The third-order valence-corrected chi connectivity index (χ3v) is 6.68. The number of para-hydroxylation sites is 1. The minimum atomic E-state index is -2.53. The number of anilines is 4. The molecule has 0 amide bonds. The zero-order chi connectivity index (χ0) is 22.1. The lowest BCUT2D eigenvalue weighted by Gasteiger charge is -2.16. The van der Waals surface area contributed by atoms with Crippen LogP contribution in [0.3, 0.4) is 0 Å². The molecule has 0 fully saturated rings. The Hall–Kier alpha value is -2.48. The molecule has 1 heterocycles. The topological polar surface area (TPSA) is 110 Å². The molecule has 0 spiro atoms. The van der Waals surface area contributed by atoms with Crippen molar-refractivity contribution in [2.75, 3.05) is 24.0 Å². The SMILES string of the molecule is Cc1cc(Br)c([N+](=O)[O-])cc1Nc1ncc(Cl)c(Nc2ccccc2P(C)(C)=O)n1. The third kappa shape index (κ3) is 4.98. The monoisotopic (exact) mass is 509 g/mol. The largest absolute Gasteiger partial charge is 0.338 e. The lowest BCUT2D eigenvalue weighted by atomic mass is 10.2. The van der Waals surface area contributed by atoms with E-state index in [0.717, 1.165) is 5.56 Å². The van der Waals surface area contributed by atoms with Gasteiger partial charge in [0.15, 0.2) is 5.82 Å². The molecule has 0 saturated heterocycles. The van der Waals surface area contributed by atoms with E-state index in [1.807, 2.05) is 19.1 Å². The van der Waals surface area contributed by atoms with E-state index < -0.39 is 12.1 Å². The van der Waals surface area contributed by atoms with Crippen LogP contribution in [0.25, 0.3) is 0 Å². The zero-order valence-electron chi connectivity index (χ0n) is 16.3. The van der Waals surface area contributed by atoms with Crippen molar-refractivity contribution in [3.63, 3.8) is 0 Å². The highest BCUT2D eigenvalue weighted by molar-refractivity contribution is 9.10. The van der Waals surface area contributed by atoms with E-state index >= 15 is 0 Å². The molecule has 0 saturated carbocycles. The molecule has 3 rings (SSSR count). The summed E-state index contributed by atoms with van der Waals surface area (Å²) in [6, 6.07) is 10.3. The van der Waals surface area contributed by atoms with Crippen molar-refractivity contribution in [3.05, 3.63) is 67.8 Å². The number of benzene rings is 2. The van der Waals surface area contributed by atoms with Gasteiger partial charge in [-0.05, 0) is 59.9 Å². The maximum Gasteiger partial charge on any atom is 0.285 e. The Kier molecular flexibility index (Phi) is 6.45. The van der Waals surface area contributed by atoms with Gasteiger partial charge in [-0.15, -0.1) is 0 Å². The van der Waals surface area contributed by atoms with Gasteiger partial charge in [0.2, 0.25) is 5.95 Å². The summed E-state index contributed by atoms with van der Waals surface area (Å²) in [6.45, 7) is 5.18. The first-order valence-corrected chi connectivity index (χ1v) is 12.5. The number of hydrogen-bond donors (Lipinski definition) is 2. The van der Waals surface area contributed by atoms with Crippen molar-refractivity contribution in [1.82, 2.24) is 9.97 Å². The molecule has 0 aliphatic carbocycles. The Morgan fingerprint density at radius 1 is 1.17 bits per heavy atom. The highest BCUT2D eigenvalue weighted by Crippen LogP contribution is 2.39. The van der Waals surface area contributed by atoms with Crippen LogP contribution in [-0.4, -0.2) is 28.2 Å². The van der Waals surface area contributed by atoms with E-state index in [9.17, 15) is 14.7 Å². The molecule has 2 N–H and O–H groups in total. The smallest absolute Gasteiger partial charge is 0.285 e. The molecule has 0 bridgehead atoms. The van der Waals surface area contributed by atoms with Crippen LogP contribution in [0.5, 0.6) is 0 Å². The van der Waals surface area contributed by atoms with Crippen LogP contribution in [0, 0.1) is 17.0 Å². The minimum absolute atomic E-state index is 0.0778. The molecule has 3 aromatic rings. The molecule has 2 aromatic carbocycles. The van der Waals surface area contributed by atoms with Gasteiger partial charge < -0.3 is 15.2 Å². The average molecular weight is 511 g/mol. The van der Waals surface area contributed by atoms with Gasteiger partial charge in [0, 0.05) is 11.4 Å². The molecule has 30 heavy (non-hydrogen) atoms. The Morgan fingerprint density at radius 3 is 2.53 bits per heavy atom. The molecule has 0 aliphatic rings. The number of aryl methyl sites for hydroxylation is 1. The second kappa shape index (κ2) is 8.71. The number of nitrogens with one attached hydrogen (secondary N) is 2. The van der Waals surface area contributed by atoms with Gasteiger partial charge in [0.1, 0.15) is 12.2 Å². The maximum absolute atomic E-state index is 12.6. The zero-order valence-corrected chi connectivity index (χ0v) is 19.5. The molecule has 11 heteroatoms. The maximum atomic E-state index is 12.6. The van der Waals surface area contributed by atoms with E-state index in [1.165, 1.54) is 12.3 Å². The standard InChI is InChI=1S/C19H18BrClN5O3P/c1-11-8-12(20)16(26(27)28)9-15(11)24-19-22-10-13(21)18(25-19)23-14-6-4-5-7-17(14)30(2,3)29/h4-10H,1-3H3,(H2,22,23,24,25). The molecule has 0 radical (unpaired) electrons. The normalized spacial score (nSPS) is 11.2. The fraction of sp³-hybridized carbons (Fsp3) is 0.158. The predicted octanol–water partition coefficient (Wildman–Crippen LogP) is 5.84. The number of halogens is 2. The van der Waals surface area contributed by atoms with Crippen LogP contribution in [0.2, 0.25) is 5.02 Å². The summed E-state index contributed by atoms with van der Waals surface area (Å²) in [6.07, 6.45) is 1.42. The number of rotatable bonds is 6. The predicted molar refractivity (Wildman–Crippen MR) is 125 cm³/mol. The summed E-state index contributed by atoms with van der Waals surface area (Å²) in [7, 11) is -2.53. The number of nitrogens with zero attached hydrogens (tertiary/aromatic N) is 3. The first-order chi connectivity index (χ1) is 14.1. The van der Waals surface area contributed by atoms with E-state index in [-0.39, 0.29) is 16.7 Å². The molecule has 0 unspecified atom stereocenters. The van der Waals surface area contributed by atoms with Gasteiger partial charge in [-0.25, -0.2) is 4.98 Å². The summed E-state index contributed by atoms with van der Waals surface area (Å²) in [4.78, 5) is 19.3. The van der Waals surface area contributed by atoms with E-state index in [1.54, 1.807) is 31.5 Å². The van der Waals surface area contributed by atoms with Crippen LogP contribution in [0.1, 0.15) is 5.56 Å². The van der Waals surface area contributed by atoms with E-state index in [4.69, 9.17) is 11.6 Å². The summed E-state index contributed by atoms with van der Waals surface area (Å²) >= 11 is 9.45. The van der Waals surface area contributed by atoms with Crippen molar-refractivity contribution in [1.29, 1.82) is 0 Å². The Labute approximate surface area is 186 Å². The Balaban J connectivity index is 1.95. The summed E-state index contributed by atoms with van der Waals surface area (Å²) in [5.74, 6) is 0.523. The molecular weight excluding hydrogens is 493 g/mol. The van der Waals surface area contributed by atoms with Gasteiger partial charge in [-0.2, -0.15) is 4.98 Å². The second-order valence-electron chi connectivity index (χ2n) is 6.88. The van der Waals surface area contributed by atoms with Crippen molar-refractivity contribution in [2.24, 2.45) is 0 Å². The second-order valence-corrected chi connectivity index (χ2v) is 11.3. The quantitative estimate of drug-likeness (QED) is 0.243. The van der Waals surface area contributed by atoms with Crippen LogP contribution in [0.4, 0.5) is 28.8 Å². The molecule has 0 aliphatic heterocycles. The van der Waals surface area contributed by atoms with E-state index in [0.29, 0.717) is 27.0 Å². The summed E-state index contributed by atoms with van der Waals surface area (Å²) in [5.41, 5.74) is 1.81. The van der Waals surface area contributed by atoms with Crippen molar-refractivity contribution in [2.45, 2.75) is 6.92 Å². The van der Waals surface area contributed by atoms with Crippen molar-refractivity contribution >= 4 is 68.8 Å². The van der Waals surface area contributed by atoms with Crippen molar-refractivity contribution in [3.8, 4) is 0 Å².